The first-order valence-electron chi connectivity index (χ1n) is 7.54. The molecule has 1 aromatic carbocycles. The summed E-state index contributed by atoms with van der Waals surface area (Å²) in [7, 11) is 3.89. The largest absolute Gasteiger partial charge is 0.511 e. The number of hydrogen-bond acceptors (Lipinski definition) is 4. The first kappa shape index (κ1) is 19.3. The molecule has 1 atom stereocenters. The lowest BCUT2D eigenvalue weighted by atomic mass is 9.83. The van der Waals surface area contributed by atoms with Gasteiger partial charge in [0.05, 0.1) is 22.2 Å². The summed E-state index contributed by atoms with van der Waals surface area (Å²) in [4.78, 5) is 18.6. The Balaban J connectivity index is 2.19. The van der Waals surface area contributed by atoms with Crippen molar-refractivity contribution in [2.45, 2.75) is 18.8 Å². The third-order valence-corrected chi connectivity index (χ3v) is 4.88. The molecule has 0 saturated carbocycles. The van der Waals surface area contributed by atoms with E-state index in [2.05, 4.69) is 4.99 Å². The van der Waals surface area contributed by atoms with E-state index in [1.807, 2.05) is 19.0 Å². The monoisotopic (exact) mass is 388 g/mol. The fourth-order valence-corrected chi connectivity index (χ4v) is 3.34. The molecule has 2 rings (SSSR count). The standard InChI is InChI=1S/C17H19Cl3N2O2/c1-22(2)4-3-21-9-13-15(23)5-10(6-16(13)24)12-7-11(18)8-14(19)17(12)20/h7-10,23H,3-6H2,1-2H3. The number of hydrogen-bond donors (Lipinski definition) is 1. The van der Waals surface area contributed by atoms with E-state index in [1.165, 1.54) is 6.21 Å². The normalized spacial score (nSPS) is 18.9. The highest BCUT2D eigenvalue weighted by molar-refractivity contribution is 6.43. The molecule has 0 fully saturated rings. The van der Waals surface area contributed by atoms with E-state index in [-0.39, 0.29) is 29.5 Å². The van der Waals surface area contributed by atoms with Crippen molar-refractivity contribution in [3.63, 3.8) is 0 Å². The quantitative estimate of drug-likeness (QED) is 0.594. The number of nitrogens with zero attached hydrogens (tertiary/aromatic N) is 2. The predicted molar refractivity (Wildman–Crippen MR) is 100 cm³/mol. The van der Waals surface area contributed by atoms with Crippen LogP contribution in [0.25, 0.3) is 0 Å². The van der Waals surface area contributed by atoms with E-state index in [1.54, 1.807) is 12.1 Å². The second-order valence-electron chi connectivity index (χ2n) is 6.02. The van der Waals surface area contributed by atoms with Crippen LogP contribution in [0.3, 0.4) is 0 Å². The lowest BCUT2D eigenvalue weighted by Crippen LogP contribution is -2.20. The van der Waals surface area contributed by atoms with Crippen LogP contribution in [-0.4, -0.2) is 49.2 Å². The van der Waals surface area contributed by atoms with Gasteiger partial charge in [0.1, 0.15) is 5.76 Å². The van der Waals surface area contributed by atoms with E-state index in [4.69, 9.17) is 34.8 Å². The number of ketones is 1. The van der Waals surface area contributed by atoms with Gasteiger partial charge in [0.15, 0.2) is 5.78 Å². The summed E-state index contributed by atoms with van der Waals surface area (Å²) in [5.41, 5.74) is 0.951. The molecule has 1 unspecified atom stereocenters. The van der Waals surface area contributed by atoms with E-state index in [0.29, 0.717) is 33.6 Å². The molecule has 1 aliphatic rings. The van der Waals surface area contributed by atoms with Gasteiger partial charge in [0, 0.05) is 30.6 Å². The highest BCUT2D eigenvalue weighted by Crippen LogP contribution is 2.40. The summed E-state index contributed by atoms with van der Waals surface area (Å²) in [6, 6.07) is 3.25. The zero-order valence-corrected chi connectivity index (χ0v) is 15.8. The van der Waals surface area contributed by atoms with Crippen molar-refractivity contribution in [3.8, 4) is 0 Å². The Bertz CT molecular complexity index is 699. The molecule has 1 N–H and O–H groups in total. The Morgan fingerprint density at radius 1 is 1.29 bits per heavy atom. The summed E-state index contributed by atoms with van der Waals surface area (Å²) < 4.78 is 0. The molecule has 1 aromatic rings. The number of Topliss-reactive ketones (excluding diaryl/α,β-unsaturated/α-hetero) is 1. The van der Waals surface area contributed by atoms with Crippen LogP contribution in [0.15, 0.2) is 28.5 Å². The number of carbonyl (C=O) groups excluding carboxylic acids is 1. The smallest absolute Gasteiger partial charge is 0.168 e. The van der Waals surface area contributed by atoms with Crippen LogP contribution in [-0.2, 0) is 4.79 Å². The van der Waals surface area contributed by atoms with Crippen LogP contribution in [0.2, 0.25) is 15.1 Å². The van der Waals surface area contributed by atoms with Gasteiger partial charge in [-0.25, -0.2) is 0 Å². The molecule has 0 aliphatic heterocycles. The van der Waals surface area contributed by atoms with Gasteiger partial charge in [0.25, 0.3) is 0 Å². The molecule has 130 valence electrons. The second kappa shape index (κ2) is 8.34. The Kier molecular flexibility index (Phi) is 6.70. The summed E-state index contributed by atoms with van der Waals surface area (Å²) >= 11 is 18.3. The molecule has 24 heavy (non-hydrogen) atoms. The van der Waals surface area contributed by atoms with Gasteiger partial charge in [0.2, 0.25) is 0 Å². The molecule has 0 heterocycles. The zero-order valence-electron chi connectivity index (χ0n) is 13.5. The zero-order chi connectivity index (χ0) is 17.9. The summed E-state index contributed by atoms with van der Waals surface area (Å²) in [6.07, 6.45) is 2.00. The van der Waals surface area contributed by atoms with Gasteiger partial charge in [-0.15, -0.1) is 0 Å². The van der Waals surface area contributed by atoms with Crippen LogP contribution in [0.1, 0.15) is 24.3 Å². The van der Waals surface area contributed by atoms with Crippen LogP contribution >= 0.6 is 34.8 Å². The van der Waals surface area contributed by atoms with E-state index < -0.39 is 0 Å². The highest BCUT2D eigenvalue weighted by atomic mass is 35.5. The van der Waals surface area contributed by atoms with E-state index >= 15 is 0 Å². The van der Waals surface area contributed by atoms with Gasteiger partial charge in [-0.3, -0.25) is 9.79 Å². The van der Waals surface area contributed by atoms with E-state index in [9.17, 15) is 9.90 Å². The Labute approximate surface area is 156 Å². The van der Waals surface area contributed by atoms with Crippen molar-refractivity contribution in [1.29, 1.82) is 0 Å². The van der Waals surface area contributed by atoms with Crippen molar-refractivity contribution in [2.75, 3.05) is 27.2 Å². The first-order valence-corrected chi connectivity index (χ1v) is 8.67. The second-order valence-corrected chi connectivity index (χ2v) is 7.24. The van der Waals surface area contributed by atoms with Crippen LogP contribution in [0.4, 0.5) is 0 Å². The lowest BCUT2D eigenvalue weighted by molar-refractivity contribution is -0.116. The minimum atomic E-state index is -0.250. The summed E-state index contributed by atoms with van der Waals surface area (Å²) in [6.45, 7) is 1.34. The molecule has 4 nitrogen and oxygen atoms in total. The lowest BCUT2D eigenvalue weighted by Gasteiger charge is -2.23. The number of halogens is 3. The summed E-state index contributed by atoms with van der Waals surface area (Å²) in [5, 5.41) is 11.4. The van der Waals surface area contributed by atoms with Gasteiger partial charge in [-0.1, -0.05) is 34.8 Å². The van der Waals surface area contributed by atoms with Crippen LogP contribution < -0.4 is 0 Å². The highest BCUT2D eigenvalue weighted by Gasteiger charge is 2.29. The maximum atomic E-state index is 12.4. The van der Waals surface area contributed by atoms with Crippen molar-refractivity contribution >= 4 is 46.8 Å². The van der Waals surface area contributed by atoms with Gasteiger partial charge in [-0.05, 0) is 37.7 Å². The topological polar surface area (TPSA) is 52.9 Å². The van der Waals surface area contributed by atoms with Gasteiger partial charge >= 0.3 is 0 Å². The van der Waals surface area contributed by atoms with Gasteiger partial charge in [-0.2, -0.15) is 0 Å². The third-order valence-electron chi connectivity index (χ3n) is 3.84. The molecule has 0 amide bonds. The molecule has 0 bridgehead atoms. The van der Waals surface area contributed by atoms with E-state index in [0.717, 1.165) is 6.54 Å². The maximum absolute atomic E-state index is 12.4. The number of likely N-dealkylation sites (N-methyl/N-ethyl adjacent to an activating group) is 1. The molecular weight excluding hydrogens is 371 g/mol. The third kappa shape index (κ3) is 4.73. The maximum Gasteiger partial charge on any atom is 0.168 e. The van der Waals surface area contributed by atoms with Crippen molar-refractivity contribution < 1.29 is 9.90 Å². The number of aliphatic hydroxyl groups is 1. The Morgan fingerprint density at radius 3 is 2.62 bits per heavy atom. The average Bonchev–Trinajstić information content (AvgIpc) is 2.48. The number of benzene rings is 1. The minimum Gasteiger partial charge on any atom is -0.511 e. The van der Waals surface area contributed by atoms with Crippen molar-refractivity contribution in [1.82, 2.24) is 4.90 Å². The first-order chi connectivity index (χ1) is 11.3. The fourth-order valence-electron chi connectivity index (χ4n) is 2.56. The number of aliphatic hydroxyl groups excluding tert-OH is 1. The molecule has 7 heteroatoms. The number of allylic oxidation sites excluding steroid dienone is 2. The molecule has 0 aromatic heterocycles. The number of carbonyl (C=O) groups is 1. The number of rotatable bonds is 5. The SMILES string of the molecule is CN(C)CCN=CC1=C(O)CC(c2cc(Cl)cc(Cl)c2Cl)CC1=O. The molecular formula is C17H19Cl3N2O2. The minimum absolute atomic E-state index is 0.0250. The van der Waals surface area contributed by atoms with Crippen molar-refractivity contribution in [3.05, 3.63) is 44.1 Å². The van der Waals surface area contributed by atoms with Gasteiger partial charge < -0.3 is 10.0 Å². The predicted octanol–water partition coefficient (Wildman–Crippen LogP) is 4.54. The molecule has 0 spiro atoms. The van der Waals surface area contributed by atoms with Crippen LogP contribution in [0.5, 0.6) is 0 Å². The molecule has 1 aliphatic carbocycles. The Hall–Kier alpha value is -1.07. The molecule has 0 saturated heterocycles. The summed E-state index contributed by atoms with van der Waals surface area (Å²) in [5.74, 6) is -0.387. The van der Waals surface area contributed by atoms with Crippen molar-refractivity contribution in [2.24, 2.45) is 4.99 Å². The average molecular weight is 390 g/mol. The number of aliphatic imine (C=N–C) groups is 1. The fraction of sp³-hybridized carbons (Fsp3) is 0.412. The molecule has 0 radical (unpaired) electrons. The Morgan fingerprint density at radius 2 is 2.00 bits per heavy atom. The van der Waals surface area contributed by atoms with Crippen LogP contribution in [0, 0.1) is 0 Å².